The largest absolute Gasteiger partial charge is 0.355 e. The van der Waals surface area contributed by atoms with Gasteiger partial charge in [0.1, 0.15) is 0 Å². The lowest BCUT2D eigenvalue weighted by atomic mass is 9.78. The second-order valence-corrected chi connectivity index (χ2v) is 34.7. The summed E-state index contributed by atoms with van der Waals surface area (Å²) in [6.45, 7) is -4.24. The molecule has 51 heteroatoms. The van der Waals surface area contributed by atoms with Gasteiger partial charge in [-0.1, -0.05) is 0 Å². The third-order valence-electron chi connectivity index (χ3n) is 7.50. The van der Waals surface area contributed by atoms with Crippen molar-refractivity contribution in [3.05, 3.63) is 0 Å². The van der Waals surface area contributed by atoms with Gasteiger partial charge in [-0.3, -0.25) is 54.8 Å². The monoisotopic (exact) mass is 1150 g/mol. The first-order chi connectivity index (χ1) is 25.9. The molecule has 0 fully saturated rings. The molecule has 0 bridgehead atoms. The maximum absolute atomic E-state index is 13.6. The van der Waals surface area contributed by atoms with Gasteiger partial charge >= 0.3 is 91.1 Å². The minimum Gasteiger partial charge on any atom is -0.329 e. The minimum absolute atomic E-state index is 0.575. The number of nitrogens with two attached hydrogens (primary N) is 1. The van der Waals surface area contributed by atoms with Crippen molar-refractivity contribution >= 4 is 91.1 Å². The molecule has 0 saturated carbocycles. The van der Waals surface area contributed by atoms with E-state index in [4.69, 9.17) is 5.73 Å². The van der Waals surface area contributed by atoms with E-state index in [0.717, 1.165) is 0 Å². The van der Waals surface area contributed by atoms with Crippen LogP contribution < -0.4 is 11.1 Å². The van der Waals surface area contributed by atoms with Crippen molar-refractivity contribution in [2.45, 2.75) is 43.7 Å². The molecule has 0 heterocycles. The van der Waals surface area contributed by atoms with Gasteiger partial charge < -0.3 is 128 Å². The van der Waals surface area contributed by atoms with Gasteiger partial charge in [-0.25, -0.2) is 4.90 Å². The molecular weight excluding hydrogens is 1110 g/mol. The highest BCUT2D eigenvalue weighted by Crippen LogP contribution is 2.86. The number of rotatable bonds is 23. The van der Waals surface area contributed by atoms with Crippen molar-refractivity contribution in [3.8, 4) is 0 Å². The SMILES string of the molecule is NCCNC(C(P(=O)(O)O)P(=O)(O)O)(C(P(=O)(O)O)P(=O)(O)O)C(C(P(=O)(O)O)P(=O)(O)O)(C(P(=O)(O)O)P(=O)(O)O)N(C(P(=O)(O)O)P(=O)(O)O)C(P(=O)(O)O)P(=O)(O)O. The van der Waals surface area contributed by atoms with Crippen LogP contribution in [0.1, 0.15) is 0 Å². The van der Waals surface area contributed by atoms with E-state index in [9.17, 15) is 172 Å². The first-order valence-electron chi connectivity index (χ1n) is 13.7. The Bertz CT molecular complexity index is 1940. The zero-order valence-corrected chi connectivity index (χ0v) is 39.1. The van der Waals surface area contributed by atoms with Crippen LogP contribution in [-0.4, -0.2) is 179 Å². The van der Waals surface area contributed by atoms with Crippen LogP contribution in [0.3, 0.4) is 0 Å². The Morgan fingerprint density at radius 3 is 0.656 bits per heavy atom. The van der Waals surface area contributed by atoms with Gasteiger partial charge in [0.05, 0.1) is 11.1 Å². The summed E-state index contributed by atoms with van der Waals surface area (Å²) in [5, 5.41) is -23.6. The Kier molecular flexibility index (Phi) is 19.4. The molecule has 0 aliphatic heterocycles. The summed E-state index contributed by atoms with van der Waals surface area (Å²) in [5.41, 5.74) is -21.1. The van der Waals surface area contributed by atoms with Crippen LogP contribution >= 0.6 is 91.1 Å². The third kappa shape index (κ3) is 13.9. The summed E-state index contributed by atoms with van der Waals surface area (Å²) in [6.07, 6.45) is 0. The van der Waals surface area contributed by atoms with Crippen molar-refractivity contribution in [1.82, 2.24) is 10.2 Å². The molecule has 0 aliphatic rings. The normalized spacial score (nSPS) is 16.3. The van der Waals surface area contributed by atoms with E-state index in [1.54, 1.807) is 0 Å². The first kappa shape index (κ1) is 62.7. The average molecular weight is 1150 g/mol. The Morgan fingerprint density at radius 2 is 0.525 bits per heavy atom. The van der Waals surface area contributed by atoms with Gasteiger partial charge in [0.25, 0.3) is 0 Å². The van der Waals surface area contributed by atoms with Gasteiger partial charge in [0, 0.05) is 13.1 Å². The Hall–Kier alpha value is 1.68. The summed E-state index contributed by atoms with van der Waals surface area (Å²) in [6, 6.07) is 0. The fraction of sp³-hybridized carbons (Fsp3) is 1.00. The van der Waals surface area contributed by atoms with Crippen molar-refractivity contribution < 1.29 is 172 Å². The van der Waals surface area contributed by atoms with E-state index in [0.29, 0.717) is 5.32 Å². The summed E-state index contributed by atoms with van der Waals surface area (Å²) in [7, 11) is -100. The molecule has 0 aliphatic carbocycles. The molecule has 368 valence electrons. The van der Waals surface area contributed by atoms with Gasteiger partial charge in [-0.05, 0) is 0 Å². The van der Waals surface area contributed by atoms with E-state index in [1.807, 2.05) is 0 Å². The molecule has 0 aromatic rings. The highest BCUT2D eigenvalue weighted by Gasteiger charge is 2.89. The quantitative estimate of drug-likeness (QED) is 0.0423. The molecule has 61 heavy (non-hydrogen) atoms. The molecular formula is C10H37N3O36P12. The highest BCUT2D eigenvalue weighted by atomic mass is 31.3. The fourth-order valence-electron chi connectivity index (χ4n) is 6.60. The smallest absolute Gasteiger partial charge is 0.329 e. The van der Waals surface area contributed by atoms with Crippen LogP contribution in [0.25, 0.3) is 0 Å². The molecule has 27 N–H and O–H groups in total. The summed E-state index contributed by atoms with van der Waals surface area (Å²) in [4.78, 5) is 248. The van der Waals surface area contributed by atoms with E-state index in [-0.39, 0.29) is 0 Å². The van der Waals surface area contributed by atoms with Gasteiger partial charge in [0.2, 0.25) is 11.0 Å². The molecule has 0 rings (SSSR count). The second kappa shape index (κ2) is 18.9. The number of nitrogens with one attached hydrogen (secondary N) is 1. The van der Waals surface area contributed by atoms with E-state index >= 15 is 0 Å². The topological polar surface area (TPSA) is 732 Å². The van der Waals surface area contributed by atoms with Crippen molar-refractivity contribution in [3.63, 3.8) is 0 Å². The lowest BCUT2D eigenvalue weighted by Crippen LogP contribution is -2.86. The fourth-order valence-corrected chi connectivity index (χ4v) is 27.9. The van der Waals surface area contributed by atoms with Crippen LogP contribution in [0, 0.1) is 0 Å². The molecule has 0 spiro atoms. The molecule has 0 saturated heterocycles. The first-order valence-corrected chi connectivity index (χ1v) is 33.9. The lowest BCUT2D eigenvalue weighted by molar-refractivity contribution is -0.00952. The van der Waals surface area contributed by atoms with Crippen LogP contribution in [-0.2, 0) is 54.8 Å². The van der Waals surface area contributed by atoms with Crippen LogP contribution in [0.2, 0.25) is 0 Å². The van der Waals surface area contributed by atoms with Gasteiger partial charge in [-0.2, -0.15) is 0 Å². The summed E-state index contributed by atoms with van der Waals surface area (Å²) in [5.74, 6) is 0. The number of hydrogen-bond donors (Lipinski definition) is 26. The molecule has 0 radical (unpaired) electrons. The molecule has 0 aromatic carbocycles. The standard InChI is InChI=1S/C10H37N3O36P12/c11-1-2-12-9(3(50(14,15)16)51(17,18)19,4(52(20,21)22)53(23,24)25)10(5(54(26,27)28)55(29,30)31,6(56(32,33)34)57(35,36)37)13(7(58(38,39)40)59(41,42)43)8(60(44,45)46)61(47,48)49/h3-8,12H,1-2,11H2,(H2,14,15,16)(H2,17,18,19)(H2,20,21,22)(H2,23,24,25)(H2,26,27,28)(H2,29,30,31)(H2,32,33,34)(H2,35,36,37)(H2,38,39,40)(H2,41,42,43)(H2,44,45,46)(H2,47,48,49). The maximum Gasteiger partial charge on any atom is 0.355 e. The molecule has 0 atom stereocenters. The number of nitrogens with zero attached hydrogens (tertiary/aromatic N) is 1. The summed E-state index contributed by atoms with van der Waals surface area (Å²) >= 11 is 0. The zero-order chi connectivity index (χ0) is 50.2. The van der Waals surface area contributed by atoms with E-state index < -0.39 is 153 Å². The zero-order valence-electron chi connectivity index (χ0n) is 28.4. The predicted octanol–water partition coefficient (Wildman–Crippen LogP) is -6.68. The minimum atomic E-state index is -8.56. The van der Waals surface area contributed by atoms with Crippen molar-refractivity contribution in [1.29, 1.82) is 0 Å². The highest BCUT2D eigenvalue weighted by molar-refractivity contribution is 7.76. The third-order valence-corrected chi connectivity index (χ3v) is 30.0. The van der Waals surface area contributed by atoms with Crippen molar-refractivity contribution in [2.75, 3.05) is 13.1 Å². The predicted molar refractivity (Wildman–Crippen MR) is 192 cm³/mol. The average Bonchev–Trinajstić information content (AvgIpc) is 2.80. The maximum atomic E-state index is 13.6. The van der Waals surface area contributed by atoms with Crippen molar-refractivity contribution in [2.24, 2.45) is 5.73 Å². The van der Waals surface area contributed by atoms with E-state index in [1.165, 1.54) is 0 Å². The lowest BCUT2D eigenvalue weighted by Gasteiger charge is -2.66. The Balaban J connectivity index is 12.7. The molecule has 0 aromatic heterocycles. The molecule has 0 unspecified atom stereocenters. The van der Waals surface area contributed by atoms with Crippen LogP contribution in [0.4, 0.5) is 0 Å². The second-order valence-electron chi connectivity index (χ2n) is 12.1. The molecule has 39 nitrogen and oxygen atoms in total. The van der Waals surface area contributed by atoms with Gasteiger partial charge in [0.15, 0.2) is 21.6 Å². The van der Waals surface area contributed by atoms with Crippen LogP contribution in [0.15, 0.2) is 0 Å². The Morgan fingerprint density at radius 1 is 0.344 bits per heavy atom. The van der Waals surface area contributed by atoms with Crippen LogP contribution in [0.5, 0.6) is 0 Å². The molecule has 0 amide bonds. The van der Waals surface area contributed by atoms with Gasteiger partial charge in [-0.15, -0.1) is 0 Å². The van der Waals surface area contributed by atoms with E-state index in [2.05, 4.69) is 0 Å². The summed E-state index contributed by atoms with van der Waals surface area (Å²) < 4.78 is 160. The number of hydrogen-bond acceptors (Lipinski definition) is 15. The Labute approximate surface area is 335 Å².